The molecule has 2 fully saturated rings. The van der Waals surface area contributed by atoms with E-state index < -0.39 is 10.0 Å². The van der Waals surface area contributed by atoms with E-state index in [1.807, 2.05) is 6.92 Å². The van der Waals surface area contributed by atoms with Crippen molar-refractivity contribution >= 4 is 21.6 Å². The van der Waals surface area contributed by atoms with Gasteiger partial charge < -0.3 is 10.2 Å². The van der Waals surface area contributed by atoms with Gasteiger partial charge in [0.05, 0.1) is 17.7 Å². The van der Waals surface area contributed by atoms with Crippen molar-refractivity contribution in [3.8, 4) is 0 Å². The lowest BCUT2D eigenvalue weighted by Crippen LogP contribution is -2.46. The maximum atomic E-state index is 12.7. The fraction of sp³-hybridized carbons (Fsp3) is 0.650. The minimum atomic E-state index is -3.23. The Morgan fingerprint density at radius 1 is 1.15 bits per heavy atom. The summed E-state index contributed by atoms with van der Waals surface area (Å²) in [5.74, 6) is -0.241. The molecule has 27 heavy (non-hydrogen) atoms. The van der Waals surface area contributed by atoms with Crippen molar-refractivity contribution in [1.29, 1.82) is 0 Å². The lowest BCUT2D eigenvalue weighted by molar-refractivity contribution is -0.126. The van der Waals surface area contributed by atoms with Crippen LogP contribution in [0.3, 0.4) is 0 Å². The average Bonchev–Trinajstić information content (AvgIpc) is 3.23. The predicted octanol–water partition coefficient (Wildman–Crippen LogP) is 2.53. The standard InChI is InChI=1S/C20H31N3O3S/c1-3-27(25,26)23-14-6-7-18(15-23)20(24)21-16(2)17-8-10-19(11-9-17)22-12-4-5-13-22/h8-11,16,18H,3-7,12-15H2,1-2H3,(H,21,24)/t16-,18+/m0/s1. The van der Waals surface area contributed by atoms with Crippen molar-refractivity contribution in [2.45, 2.75) is 45.6 Å². The summed E-state index contributed by atoms with van der Waals surface area (Å²) in [5.41, 5.74) is 2.31. The summed E-state index contributed by atoms with van der Waals surface area (Å²) >= 11 is 0. The molecule has 2 saturated heterocycles. The second-order valence-corrected chi connectivity index (χ2v) is 9.87. The minimum Gasteiger partial charge on any atom is -0.372 e. The first-order chi connectivity index (χ1) is 12.9. The molecular weight excluding hydrogens is 362 g/mol. The topological polar surface area (TPSA) is 69.7 Å². The lowest BCUT2D eigenvalue weighted by Gasteiger charge is -2.31. The molecule has 0 spiro atoms. The largest absolute Gasteiger partial charge is 0.372 e. The first-order valence-electron chi connectivity index (χ1n) is 10.0. The molecule has 6 nitrogen and oxygen atoms in total. The van der Waals surface area contributed by atoms with Gasteiger partial charge in [-0.25, -0.2) is 12.7 Å². The molecule has 7 heteroatoms. The minimum absolute atomic E-state index is 0.0536. The van der Waals surface area contributed by atoms with E-state index in [1.54, 1.807) is 6.92 Å². The number of piperidine rings is 1. The molecule has 2 atom stereocenters. The molecule has 1 aromatic rings. The molecule has 0 aromatic heterocycles. The molecule has 0 radical (unpaired) electrons. The van der Waals surface area contributed by atoms with Gasteiger partial charge in [-0.15, -0.1) is 0 Å². The van der Waals surface area contributed by atoms with Crippen LogP contribution in [0.2, 0.25) is 0 Å². The van der Waals surface area contributed by atoms with E-state index in [-0.39, 0.29) is 23.6 Å². The van der Waals surface area contributed by atoms with Crippen LogP contribution in [0, 0.1) is 5.92 Å². The van der Waals surface area contributed by atoms with Gasteiger partial charge in [0.15, 0.2) is 0 Å². The van der Waals surface area contributed by atoms with Gasteiger partial charge in [-0.1, -0.05) is 12.1 Å². The molecule has 1 aromatic carbocycles. The van der Waals surface area contributed by atoms with Crippen LogP contribution in [-0.4, -0.2) is 50.6 Å². The Kier molecular flexibility index (Phi) is 6.42. The van der Waals surface area contributed by atoms with E-state index in [1.165, 1.54) is 22.8 Å². The third-order valence-corrected chi connectivity index (χ3v) is 7.58. The monoisotopic (exact) mass is 393 g/mol. The normalized spacial score (nSPS) is 22.6. The number of hydrogen-bond donors (Lipinski definition) is 1. The van der Waals surface area contributed by atoms with Crippen LogP contribution in [0.25, 0.3) is 0 Å². The Bertz CT molecular complexity index is 742. The molecule has 0 aliphatic carbocycles. The third kappa shape index (κ3) is 4.82. The highest BCUT2D eigenvalue weighted by Crippen LogP contribution is 2.24. The van der Waals surface area contributed by atoms with Gasteiger partial charge >= 0.3 is 0 Å². The van der Waals surface area contributed by atoms with Crippen LogP contribution in [0.15, 0.2) is 24.3 Å². The fourth-order valence-electron chi connectivity index (χ4n) is 3.96. The zero-order chi connectivity index (χ0) is 19.4. The van der Waals surface area contributed by atoms with E-state index in [0.29, 0.717) is 13.1 Å². The van der Waals surface area contributed by atoms with Gasteiger partial charge in [-0.2, -0.15) is 0 Å². The van der Waals surface area contributed by atoms with Crippen LogP contribution < -0.4 is 10.2 Å². The molecule has 0 saturated carbocycles. The predicted molar refractivity (Wildman–Crippen MR) is 108 cm³/mol. The van der Waals surface area contributed by atoms with Gasteiger partial charge in [0.1, 0.15) is 0 Å². The summed E-state index contributed by atoms with van der Waals surface area (Å²) in [4.78, 5) is 15.1. The molecule has 2 aliphatic heterocycles. The number of sulfonamides is 1. The Labute approximate surface area is 163 Å². The maximum Gasteiger partial charge on any atom is 0.224 e. The third-order valence-electron chi connectivity index (χ3n) is 5.74. The molecule has 0 bridgehead atoms. The first kappa shape index (κ1) is 20.1. The summed E-state index contributed by atoms with van der Waals surface area (Å²) < 4.78 is 25.7. The highest BCUT2D eigenvalue weighted by Gasteiger charge is 2.31. The summed E-state index contributed by atoms with van der Waals surface area (Å²) in [6.07, 6.45) is 3.97. The van der Waals surface area contributed by atoms with Crippen molar-refractivity contribution in [2.75, 3.05) is 36.8 Å². The van der Waals surface area contributed by atoms with Crippen LogP contribution >= 0.6 is 0 Å². The zero-order valence-electron chi connectivity index (χ0n) is 16.4. The van der Waals surface area contributed by atoms with E-state index in [4.69, 9.17) is 0 Å². The molecule has 2 aliphatic rings. The van der Waals surface area contributed by atoms with Crippen molar-refractivity contribution in [1.82, 2.24) is 9.62 Å². The SMILES string of the molecule is CCS(=O)(=O)N1CCC[C@@H](C(=O)N[C@@H](C)c2ccc(N3CCCC3)cc2)C1. The second-order valence-electron chi connectivity index (χ2n) is 7.61. The van der Waals surface area contributed by atoms with E-state index in [9.17, 15) is 13.2 Å². The lowest BCUT2D eigenvalue weighted by atomic mass is 9.98. The van der Waals surface area contributed by atoms with Crippen molar-refractivity contribution in [3.63, 3.8) is 0 Å². The zero-order valence-corrected chi connectivity index (χ0v) is 17.2. The number of hydrogen-bond acceptors (Lipinski definition) is 4. The Balaban J connectivity index is 1.58. The molecular formula is C20H31N3O3S. The van der Waals surface area contributed by atoms with E-state index in [2.05, 4.69) is 34.5 Å². The van der Waals surface area contributed by atoms with Gasteiger partial charge in [-0.05, 0) is 57.2 Å². The summed E-state index contributed by atoms with van der Waals surface area (Å²) in [6.45, 7) is 6.67. The van der Waals surface area contributed by atoms with Crippen molar-refractivity contribution < 1.29 is 13.2 Å². The number of amides is 1. The number of anilines is 1. The number of nitrogens with zero attached hydrogens (tertiary/aromatic N) is 2. The number of benzene rings is 1. The van der Waals surface area contributed by atoms with Crippen molar-refractivity contribution in [2.24, 2.45) is 5.92 Å². The number of carbonyl (C=O) groups excluding carboxylic acids is 1. The number of nitrogens with one attached hydrogen (secondary N) is 1. The van der Waals surface area contributed by atoms with Gasteiger partial charge in [0, 0.05) is 31.9 Å². The van der Waals surface area contributed by atoms with E-state index in [0.717, 1.165) is 31.5 Å². The smallest absolute Gasteiger partial charge is 0.224 e. The molecule has 2 heterocycles. The molecule has 150 valence electrons. The molecule has 3 rings (SSSR count). The molecule has 0 unspecified atom stereocenters. The van der Waals surface area contributed by atoms with Crippen molar-refractivity contribution in [3.05, 3.63) is 29.8 Å². The van der Waals surface area contributed by atoms with Gasteiger partial charge in [-0.3, -0.25) is 4.79 Å². The Morgan fingerprint density at radius 3 is 2.44 bits per heavy atom. The van der Waals surface area contributed by atoms with Gasteiger partial charge in [0.25, 0.3) is 0 Å². The molecule has 1 N–H and O–H groups in total. The molecule has 1 amide bonds. The first-order valence-corrected chi connectivity index (χ1v) is 11.6. The van der Waals surface area contributed by atoms with E-state index >= 15 is 0 Å². The fourth-order valence-corrected chi connectivity index (χ4v) is 5.13. The number of rotatable bonds is 6. The summed E-state index contributed by atoms with van der Waals surface area (Å²) in [5, 5.41) is 3.07. The Morgan fingerprint density at radius 2 is 1.81 bits per heavy atom. The highest BCUT2D eigenvalue weighted by molar-refractivity contribution is 7.89. The van der Waals surface area contributed by atoms with Crippen LogP contribution in [-0.2, 0) is 14.8 Å². The average molecular weight is 394 g/mol. The van der Waals surface area contributed by atoms with Crippen LogP contribution in [0.4, 0.5) is 5.69 Å². The highest BCUT2D eigenvalue weighted by atomic mass is 32.2. The maximum absolute atomic E-state index is 12.7. The quantitative estimate of drug-likeness (QED) is 0.806. The van der Waals surface area contributed by atoms with Crippen LogP contribution in [0.5, 0.6) is 0 Å². The van der Waals surface area contributed by atoms with Crippen LogP contribution in [0.1, 0.15) is 51.1 Å². The Hall–Kier alpha value is -1.60. The van der Waals surface area contributed by atoms with Gasteiger partial charge in [0.2, 0.25) is 15.9 Å². The second kappa shape index (κ2) is 8.61. The summed E-state index contributed by atoms with van der Waals surface area (Å²) in [7, 11) is -3.23. The summed E-state index contributed by atoms with van der Waals surface area (Å²) in [6, 6.07) is 8.31. The number of carbonyl (C=O) groups is 1.